The lowest BCUT2D eigenvalue weighted by atomic mass is 10.3. The molecular weight excluding hydrogens is 258 g/mol. The van der Waals surface area contributed by atoms with E-state index in [1.165, 1.54) is 7.05 Å². The third kappa shape index (κ3) is 2.95. The van der Waals surface area contributed by atoms with Gasteiger partial charge in [0.2, 0.25) is 5.91 Å². The van der Waals surface area contributed by atoms with Crippen molar-refractivity contribution in [3.63, 3.8) is 0 Å². The van der Waals surface area contributed by atoms with Gasteiger partial charge in [-0.3, -0.25) is 4.79 Å². The van der Waals surface area contributed by atoms with Crippen LogP contribution in [0.1, 0.15) is 23.6 Å². The van der Waals surface area contributed by atoms with E-state index >= 15 is 0 Å². The largest absolute Gasteiger partial charge is 0.466 e. The summed E-state index contributed by atoms with van der Waals surface area (Å²) in [5.74, 6) is 0.413. The molecule has 0 unspecified atom stereocenters. The molecule has 0 aliphatic carbocycles. The van der Waals surface area contributed by atoms with Crippen LogP contribution in [0.25, 0.3) is 0 Å². The molecule has 2 aromatic rings. The monoisotopic (exact) mass is 270 g/mol. The van der Waals surface area contributed by atoms with Crippen molar-refractivity contribution in [1.82, 2.24) is 15.0 Å². The number of carbonyl (C=O) groups is 1. The lowest BCUT2D eigenvalue weighted by Gasteiger charge is -2.04. The molecule has 0 fully saturated rings. The molecule has 0 saturated heterocycles. The number of hydrogen-bond acceptors (Lipinski definition) is 4. The standard InChI is InChI=1S/C11H12F2N4O2/c1-6-3-4-7(19-6)5-8(18)14-11-9(10(12)13)17(2)16-15-11/h3-4,10H,5H2,1-2H3,(H,14,18). The van der Waals surface area contributed by atoms with E-state index in [1.807, 2.05) is 0 Å². The fraction of sp³-hybridized carbons (Fsp3) is 0.364. The summed E-state index contributed by atoms with van der Waals surface area (Å²) in [7, 11) is 1.33. The average Bonchev–Trinajstić information content (AvgIpc) is 2.85. The van der Waals surface area contributed by atoms with Gasteiger partial charge >= 0.3 is 0 Å². The van der Waals surface area contributed by atoms with Crippen molar-refractivity contribution < 1.29 is 18.0 Å². The fourth-order valence-electron chi connectivity index (χ4n) is 1.61. The molecular formula is C11H12F2N4O2. The molecule has 2 rings (SSSR count). The summed E-state index contributed by atoms with van der Waals surface area (Å²) in [6, 6.07) is 3.37. The van der Waals surface area contributed by atoms with E-state index in [2.05, 4.69) is 15.6 Å². The van der Waals surface area contributed by atoms with Crippen LogP contribution in [0, 0.1) is 6.92 Å². The van der Waals surface area contributed by atoms with Crippen molar-refractivity contribution >= 4 is 11.7 Å². The van der Waals surface area contributed by atoms with Crippen LogP contribution in [-0.4, -0.2) is 20.9 Å². The minimum atomic E-state index is -2.76. The fourth-order valence-corrected chi connectivity index (χ4v) is 1.61. The van der Waals surface area contributed by atoms with Gasteiger partial charge in [-0.05, 0) is 19.1 Å². The first-order chi connectivity index (χ1) is 8.97. The molecule has 102 valence electrons. The Morgan fingerprint density at radius 1 is 1.53 bits per heavy atom. The molecule has 2 aromatic heterocycles. The Labute approximate surface area is 107 Å². The number of alkyl halides is 2. The molecule has 0 aliphatic heterocycles. The van der Waals surface area contributed by atoms with Gasteiger partial charge in [0.05, 0.1) is 6.42 Å². The minimum absolute atomic E-state index is 0.0485. The third-order valence-corrected chi connectivity index (χ3v) is 2.47. The maximum atomic E-state index is 12.7. The first kappa shape index (κ1) is 13.2. The van der Waals surface area contributed by atoms with Gasteiger partial charge in [0.15, 0.2) is 5.82 Å². The van der Waals surface area contributed by atoms with E-state index < -0.39 is 18.0 Å². The van der Waals surface area contributed by atoms with Gasteiger partial charge in [0, 0.05) is 7.05 Å². The van der Waals surface area contributed by atoms with Crippen LogP contribution < -0.4 is 5.32 Å². The Morgan fingerprint density at radius 3 is 2.84 bits per heavy atom. The number of aryl methyl sites for hydroxylation is 2. The number of aromatic nitrogens is 3. The Hall–Kier alpha value is -2.25. The highest BCUT2D eigenvalue weighted by Gasteiger charge is 2.21. The van der Waals surface area contributed by atoms with Crippen LogP contribution >= 0.6 is 0 Å². The van der Waals surface area contributed by atoms with Crippen LogP contribution in [0.4, 0.5) is 14.6 Å². The predicted octanol–water partition coefficient (Wildman–Crippen LogP) is 1.84. The summed E-state index contributed by atoms with van der Waals surface area (Å²) < 4.78 is 31.6. The number of anilines is 1. The smallest absolute Gasteiger partial charge is 0.283 e. The number of hydrogen-bond donors (Lipinski definition) is 1. The predicted molar refractivity (Wildman–Crippen MR) is 61.7 cm³/mol. The van der Waals surface area contributed by atoms with Crippen LogP contribution in [0.3, 0.4) is 0 Å². The minimum Gasteiger partial charge on any atom is -0.466 e. The molecule has 2 heterocycles. The highest BCUT2D eigenvalue weighted by molar-refractivity contribution is 5.91. The van der Waals surface area contributed by atoms with Crippen molar-refractivity contribution in [2.24, 2.45) is 7.05 Å². The summed E-state index contributed by atoms with van der Waals surface area (Å²) in [5.41, 5.74) is -0.427. The molecule has 0 atom stereocenters. The molecule has 8 heteroatoms. The molecule has 1 N–H and O–H groups in total. The van der Waals surface area contributed by atoms with E-state index in [-0.39, 0.29) is 12.2 Å². The first-order valence-corrected chi connectivity index (χ1v) is 5.50. The number of rotatable bonds is 4. The van der Waals surface area contributed by atoms with Crippen molar-refractivity contribution in [1.29, 1.82) is 0 Å². The van der Waals surface area contributed by atoms with Gasteiger partial charge in [-0.25, -0.2) is 13.5 Å². The highest BCUT2D eigenvalue weighted by atomic mass is 19.3. The summed E-state index contributed by atoms with van der Waals surface area (Å²) in [4.78, 5) is 11.7. The summed E-state index contributed by atoms with van der Waals surface area (Å²) >= 11 is 0. The maximum absolute atomic E-state index is 12.7. The second-order valence-electron chi connectivity index (χ2n) is 3.98. The normalized spacial score (nSPS) is 11.0. The Morgan fingerprint density at radius 2 is 2.26 bits per heavy atom. The van der Waals surface area contributed by atoms with Gasteiger partial charge in [0.1, 0.15) is 17.2 Å². The van der Waals surface area contributed by atoms with E-state index in [0.717, 1.165) is 4.68 Å². The Bertz CT molecular complexity index is 591. The number of amides is 1. The Kier molecular flexibility index (Phi) is 3.59. The highest BCUT2D eigenvalue weighted by Crippen LogP contribution is 2.24. The van der Waals surface area contributed by atoms with Crippen LogP contribution in [-0.2, 0) is 18.3 Å². The second-order valence-corrected chi connectivity index (χ2v) is 3.98. The molecule has 0 bridgehead atoms. The van der Waals surface area contributed by atoms with Gasteiger partial charge in [0.25, 0.3) is 6.43 Å². The molecule has 0 saturated carbocycles. The van der Waals surface area contributed by atoms with Crippen LogP contribution in [0.15, 0.2) is 16.5 Å². The maximum Gasteiger partial charge on any atom is 0.283 e. The number of nitrogens with one attached hydrogen (secondary N) is 1. The number of nitrogens with zero attached hydrogens (tertiary/aromatic N) is 3. The van der Waals surface area contributed by atoms with Gasteiger partial charge in [-0.15, -0.1) is 5.10 Å². The molecule has 0 aliphatic rings. The molecule has 0 radical (unpaired) electrons. The van der Waals surface area contributed by atoms with E-state index in [1.54, 1.807) is 19.1 Å². The number of carbonyl (C=O) groups excluding carboxylic acids is 1. The summed E-state index contributed by atoms with van der Waals surface area (Å²) in [6.45, 7) is 1.75. The van der Waals surface area contributed by atoms with Crippen LogP contribution in [0.5, 0.6) is 0 Å². The topological polar surface area (TPSA) is 73.0 Å². The SMILES string of the molecule is Cc1ccc(CC(=O)Nc2nnn(C)c2C(F)F)o1. The van der Waals surface area contributed by atoms with Gasteiger partial charge < -0.3 is 9.73 Å². The van der Waals surface area contributed by atoms with E-state index in [4.69, 9.17) is 4.42 Å². The van der Waals surface area contributed by atoms with Crippen molar-refractivity contribution in [3.05, 3.63) is 29.3 Å². The van der Waals surface area contributed by atoms with Crippen molar-refractivity contribution in [2.45, 2.75) is 19.8 Å². The quantitative estimate of drug-likeness (QED) is 0.920. The summed E-state index contributed by atoms with van der Waals surface area (Å²) in [6.07, 6.45) is -2.81. The third-order valence-electron chi connectivity index (χ3n) is 2.47. The van der Waals surface area contributed by atoms with E-state index in [9.17, 15) is 13.6 Å². The van der Waals surface area contributed by atoms with Crippen LogP contribution in [0.2, 0.25) is 0 Å². The van der Waals surface area contributed by atoms with E-state index in [0.29, 0.717) is 11.5 Å². The lowest BCUT2D eigenvalue weighted by molar-refractivity contribution is -0.115. The van der Waals surface area contributed by atoms with Crippen molar-refractivity contribution in [2.75, 3.05) is 5.32 Å². The molecule has 19 heavy (non-hydrogen) atoms. The zero-order valence-electron chi connectivity index (χ0n) is 10.4. The molecule has 6 nitrogen and oxygen atoms in total. The molecule has 1 amide bonds. The zero-order chi connectivity index (χ0) is 14.0. The van der Waals surface area contributed by atoms with Gasteiger partial charge in [-0.1, -0.05) is 5.21 Å². The molecule has 0 aromatic carbocycles. The lowest BCUT2D eigenvalue weighted by Crippen LogP contribution is -2.16. The molecule has 0 spiro atoms. The summed E-state index contributed by atoms with van der Waals surface area (Å²) in [5, 5.41) is 9.24. The number of furan rings is 1. The Balaban J connectivity index is 2.07. The first-order valence-electron chi connectivity index (χ1n) is 5.50. The van der Waals surface area contributed by atoms with Gasteiger partial charge in [-0.2, -0.15) is 0 Å². The number of halogens is 2. The zero-order valence-corrected chi connectivity index (χ0v) is 10.4. The second kappa shape index (κ2) is 5.17. The van der Waals surface area contributed by atoms with Crippen molar-refractivity contribution in [3.8, 4) is 0 Å². The average molecular weight is 270 g/mol.